The average Bonchev–Trinajstić information content (AvgIpc) is 2.41. The van der Waals surface area contributed by atoms with E-state index in [1.807, 2.05) is 36.4 Å². The lowest BCUT2D eigenvalue weighted by Gasteiger charge is -2.11. The number of hydrogen-bond donors (Lipinski definition) is 1. The molecule has 2 aromatic carbocycles. The van der Waals surface area contributed by atoms with Crippen LogP contribution in [-0.2, 0) is 6.61 Å². The molecule has 19 heavy (non-hydrogen) atoms. The van der Waals surface area contributed by atoms with Crippen LogP contribution in [0.5, 0.6) is 5.75 Å². The molecular formula is C15H14Cl2O2. The van der Waals surface area contributed by atoms with E-state index in [0.717, 1.165) is 11.1 Å². The number of aliphatic hydroxyl groups is 1. The Labute approximate surface area is 122 Å². The molecule has 0 fully saturated rings. The summed E-state index contributed by atoms with van der Waals surface area (Å²) in [6.45, 7) is 2.05. The summed E-state index contributed by atoms with van der Waals surface area (Å²) < 4.78 is 5.66. The Kier molecular flexibility index (Phi) is 4.70. The van der Waals surface area contributed by atoms with Crippen molar-refractivity contribution >= 4 is 23.2 Å². The number of benzene rings is 2. The molecule has 2 rings (SSSR count). The molecule has 1 N–H and O–H groups in total. The van der Waals surface area contributed by atoms with Crippen LogP contribution in [0.25, 0.3) is 0 Å². The van der Waals surface area contributed by atoms with Gasteiger partial charge in [-0.3, -0.25) is 0 Å². The van der Waals surface area contributed by atoms with E-state index in [1.54, 1.807) is 13.0 Å². The maximum absolute atomic E-state index is 9.52. The van der Waals surface area contributed by atoms with E-state index in [4.69, 9.17) is 27.9 Å². The minimum absolute atomic E-state index is 0.336. The third kappa shape index (κ3) is 3.63. The standard InChI is InChI=1S/C15H14Cl2O2/c1-10(18)11-4-2-6-13(8-11)19-9-12-5-3-7-14(16)15(12)17/h2-8,10,18H,9H2,1H3. The Morgan fingerprint density at radius 1 is 1.16 bits per heavy atom. The smallest absolute Gasteiger partial charge is 0.120 e. The predicted molar refractivity (Wildman–Crippen MR) is 77.9 cm³/mol. The fourth-order valence-corrected chi connectivity index (χ4v) is 2.06. The summed E-state index contributed by atoms with van der Waals surface area (Å²) in [5, 5.41) is 10.5. The van der Waals surface area contributed by atoms with E-state index >= 15 is 0 Å². The second-order valence-electron chi connectivity index (χ2n) is 4.25. The molecule has 0 saturated carbocycles. The summed E-state index contributed by atoms with van der Waals surface area (Å²) in [5.74, 6) is 0.689. The van der Waals surface area contributed by atoms with Crippen molar-refractivity contribution < 1.29 is 9.84 Å². The van der Waals surface area contributed by atoms with Gasteiger partial charge >= 0.3 is 0 Å². The van der Waals surface area contributed by atoms with Crippen LogP contribution in [0, 0.1) is 0 Å². The zero-order valence-corrected chi connectivity index (χ0v) is 11.9. The van der Waals surface area contributed by atoms with Crippen LogP contribution in [0.2, 0.25) is 10.0 Å². The van der Waals surface area contributed by atoms with Gasteiger partial charge in [-0.15, -0.1) is 0 Å². The topological polar surface area (TPSA) is 29.5 Å². The van der Waals surface area contributed by atoms with Gasteiger partial charge in [0.25, 0.3) is 0 Å². The van der Waals surface area contributed by atoms with Crippen molar-refractivity contribution in [1.29, 1.82) is 0 Å². The van der Waals surface area contributed by atoms with Crippen LogP contribution >= 0.6 is 23.2 Å². The molecule has 0 amide bonds. The summed E-state index contributed by atoms with van der Waals surface area (Å²) in [6.07, 6.45) is -0.515. The van der Waals surface area contributed by atoms with Gasteiger partial charge in [0.05, 0.1) is 16.1 Å². The Hall–Kier alpha value is -1.22. The highest BCUT2D eigenvalue weighted by atomic mass is 35.5. The van der Waals surface area contributed by atoms with Crippen molar-refractivity contribution in [3.8, 4) is 5.75 Å². The molecule has 100 valence electrons. The Balaban J connectivity index is 2.10. The van der Waals surface area contributed by atoms with Crippen molar-refractivity contribution in [2.45, 2.75) is 19.6 Å². The van der Waals surface area contributed by atoms with E-state index in [9.17, 15) is 5.11 Å². The number of ether oxygens (including phenoxy) is 1. The molecule has 0 aliphatic rings. The van der Waals surface area contributed by atoms with Crippen molar-refractivity contribution in [3.63, 3.8) is 0 Å². The maximum Gasteiger partial charge on any atom is 0.120 e. The highest BCUT2D eigenvalue weighted by Gasteiger charge is 2.06. The van der Waals surface area contributed by atoms with E-state index in [-0.39, 0.29) is 0 Å². The van der Waals surface area contributed by atoms with Crippen LogP contribution in [0.1, 0.15) is 24.2 Å². The molecule has 4 heteroatoms. The Bertz CT molecular complexity index is 568. The van der Waals surface area contributed by atoms with Crippen LogP contribution in [0.4, 0.5) is 0 Å². The highest BCUT2D eigenvalue weighted by Crippen LogP contribution is 2.27. The molecule has 0 spiro atoms. The average molecular weight is 297 g/mol. The minimum Gasteiger partial charge on any atom is -0.489 e. The van der Waals surface area contributed by atoms with Gasteiger partial charge in [-0.05, 0) is 30.7 Å². The molecule has 0 heterocycles. The molecule has 0 aromatic heterocycles. The number of hydrogen-bond acceptors (Lipinski definition) is 2. The summed E-state index contributed by atoms with van der Waals surface area (Å²) in [4.78, 5) is 0. The second kappa shape index (κ2) is 6.29. The van der Waals surface area contributed by atoms with Crippen molar-refractivity contribution in [3.05, 3.63) is 63.6 Å². The summed E-state index contributed by atoms with van der Waals surface area (Å²) in [7, 11) is 0. The first-order chi connectivity index (χ1) is 9.08. The molecule has 1 atom stereocenters. The molecule has 2 aromatic rings. The van der Waals surface area contributed by atoms with Gasteiger partial charge in [0.15, 0.2) is 0 Å². The zero-order valence-electron chi connectivity index (χ0n) is 10.4. The number of aliphatic hydroxyl groups excluding tert-OH is 1. The summed E-state index contributed by atoms with van der Waals surface area (Å²) in [6, 6.07) is 12.8. The lowest BCUT2D eigenvalue weighted by atomic mass is 10.1. The Morgan fingerprint density at radius 2 is 1.89 bits per heavy atom. The van der Waals surface area contributed by atoms with E-state index in [0.29, 0.717) is 22.4 Å². The number of halogens is 2. The fraction of sp³-hybridized carbons (Fsp3) is 0.200. The van der Waals surface area contributed by atoms with E-state index in [1.165, 1.54) is 0 Å². The Morgan fingerprint density at radius 3 is 2.63 bits per heavy atom. The lowest BCUT2D eigenvalue weighted by Crippen LogP contribution is -1.98. The normalized spacial score (nSPS) is 12.2. The molecule has 0 saturated heterocycles. The first-order valence-electron chi connectivity index (χ1n) is 5.91. The first kappa shape index (κ1) is 14.2. The largest absolute Gasteiger partial charge is 0.489 e. The van der Waals surface area contributed by atoms with Crippen molar-refractivity contribution in [2.24, 2.45) is 0 Å². The summed E-state index contributed by atoms with van der Waals surface area (Å²) in [5.41, 5.74) is 1.64. The van der Waals surface area contributed by atoms with Crippen LogP contribution in [0.15, 0.2) is 42.5 Å². The van der Waals surface area contributed by atoms with Gasteiger partial charge < -0.3 is 9.84 Å². The third-order valence-corrected chi connectivity index (χ3v) is 3.62. The van der Waals surface area contributed by atoms with Gasteiger partial charge in [-0.1, -0.05) is 47.5 Å². The van der Waals surface area contributed by atoms with E-state index in [2.05, 4.69) is 0 Å². The quantitative estimate of drug-likeness (QED) is 0.891. The molecule has 0 aliphatic heterocycles. The van der Waals surface area contributed by atoms with E-state index < -0.39 is 6.10 Å². The molecule has 0 aliphatic carbocycles. The summed E-state index contributed by atoms with van der Waals surface area (Å²) >= 11 is 12.0. The molecule has 0 bridgehead atoms. The minimum atomic E-state index is -0.515. The van der Waals surface area contributed by atoms with Gasteiger partial charge in [-0.2, -0.15) is 0 Å². The van der Waals surface area contributed by atoms with Gasteiger partial charge in [0, 0.05) is 5.56 Å². The van der Waals surface area contributed by atoms with Crippen LogP contribution < -0.4 is 4.74 Å². The van der Waals surface area contributed by atoms with Gasteiger partial charge in [0.2, 0.25) is 0 Å². The molecular weight excluding hydrogens is 283 g/mol. The SMILES string of the molecule is CC(O)c1cccc(OCc2cccc(Cl)c2Cl)c1. The predicted octanol–water partition coefficient (Wildman–Crippen LogP) is 4.63. The fourth-order valence-electron chi connectivity index (χ4n) is 1.69. The lowest BCUT2D eigenvalue weighted by molar-refractivity contribution is 0.198. The zero-order chi connectivity index (χ0) is 13.8. The van der Waals surface area contributed by atoms with Crippen LogP contribution in [-0.4, -0.2) is 5.11 Å². The monoisotopic (exact) mass is 296 g/mol. The first-order valence-corrected chi connectivity index (χ1v) is 6.67. The number of rotatable bonds is 4. The van der Waals surface area contributed by atoms with Gasteiger partial charge in [-0.25, -0.2) is 0 Å². The van der Waals surface area contributed by atoms with Crippen LogP contribution in [0.3, 0.4) is 0 Å². The van der Waals surface area contributed by atoms with Crippen molar-refractivity contribution in [2.75, 3.05) is 0 Å². The van der Waals surface area contributed by atoms with Crippen molar-refractivity contribution in [1.82, 2.24) is 0 Å². The second-order valence-corrected chi connectivity index (χ2v) is 5.04. The molecule has 0 radical (unpaired) electrons. The maximum atomic E-state index is 9.52. The highest BCUT2D eigenvalue weighted by molar-refractivity contribution is 6.42. The molecule has 1 unspecified atom stereocenters. The third-order valence-electron chi connectivity index (χ3n) is 2.77. The molecule has 2 nitrogen and oxygen atoms in total. The van der Waals surface area contributed by atoms with Gasteiger partial charge in [0.1, 0.15) is 12.4 Å².